The average Bonchev–Trinajstić information content (AvgIpc) is 2.10. The summed E-state index contributed by atoms with van der Waals surface area (Å²) in [5.74, 6) is -0.0573. The number of amides is 1. The van der Waals surface area contributed by atoms with Crippen LogP contribution in [-0.2, 0) is 0 Å². The van der Waals surface area contributed by atoms with Crippen LogP contribution in [-0.4, -0.2) is 17.4 Å². The first kappa shape index (κ1) is 9.71. The monoisotopic (exact) mass is 178 g/mol. The lowest BCUT2D eigenvalue weighted by atomic mass is 10.1. The average molecular weight is 178 g/mol. The van der Waals surface area contributed by atoms with E-state index >= 15 is 0 Å². The van der Waals surface area contributed by atoms with Crippen LogP contribution in [0.3, 0.4) is 0 Å². The summed E-state index contributed by atoms with van der Waals surface area (Å²) in [6.45, 7) is 6.42. The van der Waals surface area contributed by atoms with Gasteiger partial charge in [-0.25, -0.2) is 0 Å². The number of hydrogen-bond acceptors (Lipinski definition) is 2. The van der Waals surface area contributed by atoms with Gasteiger partial charge in [-0.1, -0.05) is 0 Å². The largest absolute Gasteiger partial charge is 0.352 e. The van der Waals surface area contributed by atoms with Crippen molar-refractivity contribution < 1.29 is 4.79 Å². The van der Waals surface area contributed by atoms with Gasteiger partial charge in [0.15, 0.2) is 0 Å². The molecular weight excluding hydrogens is 164 g/mol. The van der Waals surface area contributed by atoms with Gasteiger partial charge in [0.2, 0.25) is 0 Å². The summed E-state index contributed by atoms with van der Waals surface area (Å²) < 4.78 is 0. The second-order valence-corrected chi connectivity index (χ2v) is 2.99. The predicted octanol–water partition coefficient (Wildman–Crippen LogP) is 1.45. The minimum atomic E-state index is -0.0573. The highest BCUT2D eigenvalue weighted by Crippen LogP contribution is 2.05. The topological polar surface area (TPSA) is 42.0 Å². The molecule has 0 aliphatic rings. The van der Waals surface area contributed by atoms with E-state index in [2.05, 4.69) is 10.3 Å². The minimum absolute atomic E-state index is 0.0573. The Kier molecular flexibility index (Phi) is 3.01. The van der Waals surface area contributed by atoms with E-state index in [9.17, 15) is 4.79 Å². The second-order valence-electron chi connectivity index (χ2n) is 2.99. The van der Waals surface area contributed by atoms with Crippen molar-refractivity contribution in [1.29, 1.82) is 0 Å². The lowest BCUT2D eigenvalue weighted by molar-refractivity contribution is 0.0955. The summed E-state index contributed by atoms with van der Waals surface area (Å²) in [6, 6.07) is 1.85. The fourth-order valence-corrected chi connectivity index (χ4v) is 1.03. The van der Waals surface area contributed by atoms with Crippen LogP contribution in [0.25, 0.3) is 0 Å². The van der Waals surface area contributed by atoms with Gasteiger partial charge in [-0.2, -0.15) is 0 Å². The number of rotatable bonds is 2. The molecule has 1 rings (SSSR count). The summed E-state index contributed by atoms with van der Waals surface area (Å²) in [7, 11) is 0. The number of aryl methyl sites for hydroxylation is 2. The van der Waals surface area contributed by atoms with E-state index in [0.717, 1.165) is 11.3 Å². The maximum atomic E-state index is 11.4. The van der Waals surface area contributed by atoms with E-state index in [0.29, 0.717) is 12.1 Å². The Morgan fingerprint density at radius 2 is 2.23 bits per heavy atom. The van der Waals surface area contributed by atoms with Crippen molar-refractivity contribution in [3.05, 3.63) is 29.1 Å². The lowest BCUT2D eigenvalue weighted by Crippen LogP contribution is -2.22. The zero-order valence-corrected chi connectivity index (χ0v) is 8.22. The van der Waals surface area contributed by atoms with Gasteiger partial charge in [-0.05, 0) is 32.4 Å². The Morgan fingerprint density at radius 1 is 1.54 bits per heavy atom. The van der Waals surface area contributed by atoms with Crippen molar-refractivity contribution in [2.45, 2.75) is 20.8 Å². The van der Waals surface area contributed by atoms with Gasteiger partial charge in [-0.15, -0.1) is 0 Å². The molecule has 1 aromatic rings. The Balaban J connectivity index is 2.90. The molecule has 3 nitrogen and oxygen atoms in total. The van der Waals surface area contributed by atoms with Crippen LogP contribution in [0, 0.1) is 13.8 Å². The third-order valence-corrected chi connectivity index (χ3v) is 1.94. The van der Waals surface area contributed by atoms with Gasteiger partial charge in [0, 0.05) is 18.4 Å². The van der Waals surface area contributed by atoms with Crippen LogP contribution < -0.4 is 5.32 Å². The van der Waals surface area contributed by atoms with Gasteiger partial charge in [0.05, 0.1) is 5.56 Å². The molecule has 3 heteroatoms. The van der Waals surface area contributed by atoms with Gasteiger partial charge < -0.3 is 5.32 Å². The normalized spacial score (nSPS) is 9.77. The van der Waals surface area contributed by atoms with E-state index in [-0.39, 0.29) is 5.91 Å². The summed E-state index contributed by atoms with van der Waals surface area (Å²) in [4.78, 5) is 15.5. The zero-order chi connectivity index (χ0) is 9.84. The number of hydrogen-bond donors (Lipinski definition) is 1. The molecule has 0 aliphatic carbocycles. The number of pyridine rings is 1. The Hall–Kier alpha value is -1.38. The molecule has 0 saturated heterocycles. The Morgan fingerprint density at radius 3 is 2.77 bits per heavy atom. The zero-order valence-electron chi connectivity index (χ0n) is 8.22. The third-order valence-electron chi connectivity index (χ3n) is 1.94. The fraction of sp³-hybridized carbons (Fsp3) is 0.400. The molecular formula is C10H14N2O. The third kappa shape index (κ3) is 2.28. The SMILES string of the molecule is CCNC(=O)c1cnc(C)c(C)c1. The molecule has 70 valence electrons. The highest BCUT2D eigenvalue weighted by molar-refractivity contribution is 5.94. The van der Waals surface area contributed by atoms with Crippen LogP contribution >= 0.6 is 0 Å². The summed E-state index contributed by atoms with van der Waals surface area (Å²) >= 11 is 0. The first-order valence-corrected chi connectivity index (χ1v) is 4.36. The van der Waals surface area contributed by atoms with Crippen molar-refractivity contribution in [2.75, 3.05) is 6.54 Å². The van der Waals surface area contributed by atoms with Crippen molar-refractivity contribution in [2.24, 2.45) is 0 Å². The van der Waals surface area contributed by atoms with Crippen molar-refractivity contribution in [3.8, 4) is 0 Å². The van der Waals surface area contributed by atoms with Gasteiger partial charge in [0.25, 0.3) is 5.91 Å². The first-order chi connectivity index (χ1) is 6.15. The predicted molar refractivity (Wildman–Crippen MR) is 51.7 cm³/mol. The van der Waals surface area contributed by atoms with Crippen LogP contribution in [0.5, 0.6) is 0 Å². The molecule has 0 atom stereocenters. The second kappa shape index (κ2) is 4.03. The highest BCUT2D eigenvalue weighted by atomic mass is 16.1. The van der Waals surface area contributed by atoms with E-state index < -0.39 is 0 Å². The highest BCUT2D eigenvalue weighted by Gasteiger charge is 2.05. The molecule has 0 aliphatic heterocycles. The Labute approximate surface area is 78.2 Å². The molecule has 13 heavy (non-hydrogen) atoms. The maximum Gasteiger partial charge on any atom is 0.252 e. The van der Waals surface area contributed by atoms with E-state index in [1.54, 1.807) is 6.20 Å². The van der Waals surface area contributed by atoms with E-state index in [4.69, 9.17) is 0 Å². The van der Waals surface area contributed by atoms with Crippen molar-refractivity contribution >= 4 is 5.91 Å². The molecule has 1 heterocycles. The quantitative estimate of drug-likeness (QED) is 0.744. The maximum absolute atomic E-state index is 11.4. The number of carbonyl (C=O) groups is 1. The molecule has 1 aromatic heterocycles. The summed E-state index contributed by atoms with van der Waals surface area (Å²) in [5.41, 5.74) is 2.64. The fourth-order valence-electron chi connectivity index (χ4n) is 1.03. The molecule has 0 unspecified atom stereocenters. The smallest absolute Gasteiger partial charge is 0.252 e. The number of carbonyl (C=O) groups excluding carboxylic acids is 1. The van der Waals surface area contributed by atoms with Crippen molar-refractivity contribution in [3.63, 3.8) is 0 Å². The molecule has 1 N–H and O–H groups in total. The van der Waals surface area contributed by atoms with Gasteiger partial charge in [0.1, 0.15) is 0 Å². The van der Waals surface area contributed by atoms with Crippen LogP contribution in [0.1, 0.15) is 28.5 Å². The molecule has 0 bridgehead atoms. The lowest BCUT2D eigenvalue weighted by Gasteiger charge is -2.03. The molecule has 0 saturated carbocycles. The molecule has 1 amide bonds. The van der Waals surface area contributed by atoms with E-state index in [1.165, 1.54) is 0 Å². The molecule has 0 aromatic carbocycles. The standard InChI is InChI=1S/C10H14N2O/c1-4-11-10(13)9-5-7(2)8(3)12-6-9/h5-6H,4H2,1-3H3,(H,11,13). The molecule has 0 spiro atoms. The number of aromatic nitrogens is 1. The first-order valence-electron chi connectivity index (χ1n) is 4.36. The van der Waals surface area contributed by atoms with Crippen LogP contribution in [0.2, 0.25) is 0 Å². The molecule has 0 radical (unpaired) electrons. The Bertz CT molecular complexity index is 321. The van der Waals surface area contributed by atoms with E-state index in [1.807, 2.05) is 26.8 Å². The van der Waals surface area contributed by atoms with Crippen LogP contribution in [0.4, 0.5) is 0 Å². The minimum Gasteiger partial charge on any atom is -0.352 e. The van der Waals surface area contributed by atoms with Gasteiger partial charge >= 0.3 is 0 Å². The number of nitrogens with one attached hydrogen (secondary N) is 1. The number of nitrogens with zero attached hydrogens (tertiary/aromatic N) is 1. The summed E-state index contributed by atoms with van der Waals surface area (Å²) in [6.07, 6.45) is 1.60. The van der Waals surface area contributed by atoms with Gasteiger partial charge in [-0.3, -0.25) is 9.78 Å². The van der Waals surface area contributed by atoms with Crippen molar-refractivity contribution in [1.82, 2.24) is 10.3 Å². The molecule has 0 fully saturated rings. The van der Waals surface area contributed by atoms with Crippen LogP contribution in [0.15, 0.2) is 12.3 Å². The summed E-state index contributed by atoms with van der Waals surface area (Å²) in [5, 5.41) is 2.73.